The van der Waals surface area contributed by atoms with E-state index in [1.54, 1.807) is 0 Å². The molecular weight excluding hydrogens is 152 g/mol. The molecule has 66 valence electrons. The minimum Gasteiger partial charge on any atom is -0.382 e. The van der Waals surface area contributed by atoms with E-state index in [0.29, 0.717) is 11.9 Å². The Labute approximate surface area is 71.5 Å². The number of nitrogen functional groups attached to an aromatic ring is 1. The zero-order valence-corrected chi connectivity index (χ0v) is 7.01. The molecule has 0 aromatic carbocycles. The van der Waals surface area contributed by atoms with E-state index >= 15 is 0 Å². The van der Waals surface area contributed by atoms with Crippen molar-refractivity contribution in [3.8, 4) is 0 Å². The SMILES string of the molecule is Nc1cc([C@H]2CCCCN2)[nH]n1. The van der Waals surface area contributed by atoms with Crippen molar-refractivity contribution < 1.29 is 0 Å². The molecule has 4 heteroatoms. The highest BCUT2D eigenvalue weighted by Crippen LogP contribution is 2.21. The number of aromatic nitrogens is 2. The highest BCUT2D eigenvalue weighted by molar-refractivity contribution is 5.29. The van der Waals surface area contributed by atoms with E-state index in [1.807, 2.05) is 6.07 Å². The van der Waals surface area contributed by atoms with E-state index < -0.39 is 0 Å². The number of rotatable bonds is 1. The van der Waals surface area contributed by atoms with Crippen molar-refractivity contribution in [2.45, 2.75) is 25.3 Å². The molecule has 0 aliphatic carbocycles. The van der Waals surface area contributed by atoms with Crippen molar-refractivity contribution in [1.82, 2.24) is 15.5 Å². The number of hydrogen-bond donors (Lipinski definition) is 3. The minimum atomic E-state index is 0.434. The number of piperidine rings is 1. The molecule has 2 heterocycles. The lowest BCUT2D eigenvalue weighted by atomic mass is 10.0. The van der Waals surface area contributed by atoms with Crippen molar-refractivity contribution in [2.75, 3.05) is 12.3 Å². The van der Waals surface area contributed by atoms with E-state index in [9.17, 15) is 0 Å². The second kappa shape index (κ2) is 3.15. The summed E-state index contributed by atoms with van der Waals surface area (Å²) in [6.07, 6.45) is 3.75. The van der Waals surface area contributed by atoms with Gasteiger partial charge in [0.05, 0.1) is 5.69 Å². The van der Waals surface area contributed by atoms with Crippen LogP contribution in [0.15, 0.2) is 6.07 Å². The first-order valence-electron chi connectivity index (χ1n) is 4.40. The second-order valence-electron chi connectivity index (χ2n) is 3.25. The van der Waals surface area contributed by atoms with E-state index in [1.165, 1.54) is 19.3 Å². The van der Waals surface area contributed by atoms with Gasteiger partial charge in [0, 0.05) is 12.1 Å². The first-order chi connectivity index (χ1) is 5.86. The van der Waals surface area contributed by atoms with Crippen LogP contribution in [0.25, 0.3) is 0 Å². The Kier molecular flexibility index (Phi) is 1.99. The Hall–Kier alpha value is -1.03. The Bertz CT molecular complexity index is 249. The maximum atomic E-state index is 5.52. The number of nitrogens with one attached hydrogen (secondary N) is 2. The quantitative estimate of drug-likeness (QED) is 0.578. The molecular formula is C8H14N4. The molecule has 1 aliphatic heterocycles. The average Bonchev–Trinajstić information content (AvgIpc) is 2.54. The Morgan fingerprint density at radius 1 is 1.50 bits per heavy atom. The molecule has 4 nitrogen and oxygen atoms in total. The van der Waals surface area contributed by atoms with Gasteiger partial charge in [0.2, 0.25) is 0 Å². The monoisotopic (exact) mass is 166 g/mol. The number of nitrogens with zero attached hydrogens (tertiary/aromatic N) is 1. The topological polar surface area (TPSA) is 66.7 Å². The van der Waals surface area contributed by atoms with Crippen molar-refractivity contribution in [1.29, 1.82) is 0 Å². The lowest BCUT2D eigenvalue weighted by molar-refractivity contribution is 0.405. The molecule has 0 bridgehead atoms. The normalized spacial score (nSPS) is 24.2. The molecule has 0 radical (unpaired) electrons. The summed E-state index contributed by atoms with van der Waals surface area (Å²) in [4.78, 5) is 0. The predicted molar refractivity (Wildman–Crippen MR) is 47.6 cm³/mol. The Morgan fingerprint density at radius 3 is 3.00 bits per heavy atom. The summed E-state index contributed by atoms with van der Waals surface area (Å²) < 4.78 is 0. The van der Waals surface area contributed by atoms with Gasteiger partial charge in [0.15, 0.2) is 0 Å². The molecule has 1 fully saturated rings. The third kappa shape index (κ3) is 1.43. The van der Waals surface area contributed by atoms with Gasteiger partial charge in [-0.2, -0.15) is 5.10 Å². The van der Waals surface area contributed by atoms with Crippen molar-refractivity contribution in [3.63, 3.8) is 0 Å². The van der Waals surface area contributed by atoms with Gasteiger partial charge in [-0.3, -0.25) is 5.10 Å². The molecule has 0 unspecified atom stereocenters. The van der Waals surface area contributed by atoms with Crippen LogP contribution in [-0.4, -0.2) is 16.7 Å². The predicted octanol–water partition coefficient (Wildman–Crippen LogP) is 0.806. The van der Waals surface area contributed by atoms with Gasteiger partial charge < -0.3 is 11.1 Å². The molecule has 12 heavy (non-hydrogen) atoms. The first kappa shape index (κ1) is 7.61. The fourth-order valence-corrected chi connectivity index (χ4v) is 1.65. The zero-order valence-electron chi connectivity index (χ0n) is 7.01. The lowest BCUT2D eigenvalue weighted by Crippen LogP contribution is -2.26. The number of nitrogens with two attached hydrogens (primary N) is 1. The van der Waals surface area contributed by atoms with Gasteiger partial charge in [0.25, 0.3) is 0 Å². The summed E-state index contributed by atoms with van der Waals surface area (Å²) in [5.41, 5.74) is 6.63. The smallest absolute Gasteiger partial charge is 0.145 e. The molecule has 0 spiro atoms. The van der Waals surface area contributed by atoms with Gasteiger partial charge in [-0.15, -0.1) is 0 Å². The Balaban J connectivity index is 2.08. The highest BCUT2D eigenvalue weighted by Gasteiger charge is 2.15. The van der Waals surface area contributed by atoms with Gasteiger partial charge >= 0.3 is 0 Å². The van der Waals surface area contributed by atoms with Crippen LogP contribution in [0, 0.1) is 0 Å². The van der Waals surface area contributed by atoms with E-state index in [4.69, 9.17) is 5.73 Å². The maximum Gasteiger partial charge on any atom is 0.145 e. The summed E-state index contributed by atoms with van der Waals surface area (Å²) in [7, 11) is 0. The standard InChI is InChI=1S/C8H14N4/c9-8-5-7(11-12-8)6-3-1-2-4-10-6/h5-6,10H,1-4H2,(H3,9,11,12)/t6-/m1/s1. The first-order valence-corrected chi connectivity index (χ1v) is 4.40. The lowest BCUT2D eigenvalue weighted by Gasteiger charge is -2.21. The summed E-state index contributed by atoms with van der Waals surface area (Å²) in [6, 6.07) is 2.34. The van der Waals surface area contributed by atoms with Gasteiger partial charge in [-0.05, 0) is 19.4 Å². The highest BCUT2D eigenvalue weighted by atomic mass is 15.2. The molecule has 1 saturated heterocycles. The average molecular weight is 166 g/mol. The fourth-order valence-electron chi connectivity index (χ4n) is 1.65. The molecule has 0 saturated carbocycles. The van der Waals surface area contributed by atoms with Crippen LogP contribution in [-0.2, 0) is 0 Å². The molecule has 1 atom stereocenters. The number of hydrogen-bond acceptors (Lipinski definition) is 3. The maximum absolute atomic E-state index is 5.52. The number of anilines is 1. The van der Waals surface area contributed by atoms with E-state index in [-0.39, 0.29) is 0 Å². The molecule has 1 aromatic rings. The zero-order chi connectivity index (χ0) is 8.39. The van der Waals surface area contributed by atoms with Gasteiger partial charge in [-0.1, -0.05) is 6.42 Å². The minimum absolute atomic E-state index is 0.434. The van der Waals surface area contributed by atoms with Gasteiger partial charge in [0.1, 0.15) is 5.82 Å². The molecule has 0 amide bonds. The van der Waals surface area contributed by atoms with Crippen LogP contribution in [0.2, 0.25) is 0 Å². The summed E-state index contributed by atoms with van der Waals surface area (Å²) >= 11 is 0. The van der Waals surface area contributed by atoms with Crippen molar-refractivity contribution >= 4 is 5.82 Å². The fraction of sp³-hybridized carbons (Fsp3) is 0.625. The summed E-state index contributed by atoms with van der Waals surface area (Å²) in [6.45, 7) is 1.10. The van der Waals surface area contributed by atoms with Crippen molar-refractivity contribution in [3.05, 3.63) is 11.8 Å². The van der Waals surface area contributed by atoms with Crippen LogP contribution in [0.4, 0.5) is 5.82 Å². The molecule has 2 rings (SSSR count). The summed E-state index contributed by atoms with van der Waals surface area (Å²) in [5, 5.41) is 10.3. The van der Waals surface area contributed by atoms with Crippen molar-refractivity contribution in [2.24, 2.45) is 0 Å². The third-order valence-electron chi connectivity index (χ3n) is 2.30. The van der Waals surface area contributed by atoms with E-state index in [0.717, 1.165) is 12.2 Å². The van der Waals surface area contributed by atoms with Gasteiger partial charge in [-0.25, -0.2) is 0 Å². The second-order valence-corrected chi connectivity index (χ2v) is 3.25. The number of aromatic amines is 1. The summed E-state index contributed by atoms with van der Waals surface area (Å²) in [5.74, 6) is 0.581. The van der Waals surface area contributed by atoms with Crippen LogP contribution < -0.4 is 11.1 Å². The molecule has 1 aliphatic rings. The number of H-pyrrole nitrogens is 1. The van der Waals surface area contributed by atoms with Crippen LogP contribution in [0.3, 0.4) is 0 Å². The molecule has 4 N–H and O–H groups in total. The largest absolute Gasteiger partial charge is 0.382 e. The van der Waals surface area contributed by atoms with Crippen LogP contribution in [0.1, 0.15) is 31.0 Å². The van der Waals surface area contributed by atoms with E-state index in [2.05, 4.69) is 15.5 Å². The Morgan fingerprint density at radius 2 is 2.42 bits per heavy atom. The third-order valence-corrected chi connectivity index (χ3v) is 2.30. The molecule has 1 aromatic heterocycles. The van der Waals surface area contributed by atoms with Crippen LogP contribution >= 0.6 is 0 Å². The van der Waals surface area contributed by atoms with Crippen LogP contribution in [0.5, 0.6) is 0 Å².